The fourth-order valence-electron chi connectivity index (χ4n) is 4.35. The van der Waals surface area contributed by atoms with Gasteiger partial charge < -0.3 is 20.1 Å². The van der Waals surface area contributed by atoms with Gasteiger partial charge >= 0.3 is 0 Å². The lowest BCUT2D eigenvalue weighted by Gasteiger charge is -2.29. The predicted octanol–water partition coefficient (Wildman–Crippen LogP) is 5.10. The number of hydrogen-bond donors (Lipinski definition) is 2. The molecule has 1 atom stereocenters. The lowest BCUT2D eigenvalue weighted by Crippen LogP contribution is -2.31. The Kier molecular flexibility index (Phi) is 6.40. The molecule has 36 heavy (non-hydrogen) atoms. The van der Waals surface area contributed by atoms with Crippen LogP contribution in [0.1, 0.15) is 29.7 Å². The molecule has 8 nitrogen and oxygen atoms in total. The largest absolute Gasteiger partial charge is 0.495 e. The smallest absolute Gasteiger partial charge is 0.255 e. The van der Waals surface area contributed by atoms with Crippen molar-refractivity contribution in [1.82, 2.24) is 14.8 Å². The van der Waals surface area contributed by atoms with E-state index in [1.165, 1.54) is 11.9 Å². The average molecular weight is 482 g/mol. The standard InChI is InChI=1S/C28H27N5O3/c1-18-7-6-8-20(15-18)16-36-22-13-11-21(12-14-22)26-25(19(2)31-28-29-17-30-33(26)28)27(34)32-23-9-4-5-10-24(23)35-3/h4-15,17,26H,16H2,1-3H3,(H,32,34)(H,29,30,31)/t26-/m1/s1. The van der Waals surface area contributed by atoms with E-state index in [1.807, 2.05) is 55.5 Å². The predicted molar refractivity (Wildman–Crippen MR) is 138 cm³/mol. The third-order valence-electron chi connectivity index (χ3n) is 6.08. The van der Waals surface area contributed by atoms with Crippen LogP contribution in [-0.4, -0.2) is 27.8 Å². The van der Waals surface area contributed by atoms with Gasteiger partial charge in [0.1, 0.15) is 30.5 Å². The fraction of sp³-hybridized carbons (Fsp3) is 0.179. The van der Waals surface area contributed by atoms with Gasteiger partial charge in [0.2, 0.25) is 5.95 Å². The number of fused-ring (bicyclic) bond motifs is 1. The van der Waals surface area contributed by atoms with Crippen LogP contribution < -0.4 is 20.1 Å². The van der Waals surface area contributed by atoms with E-state index in [0.717, 1.165) is 16.9 Å². The lowest BCUT2D eigenvalue weighted by molar-refractivity contribution is -0.113. The molecule has 0 aliphatic carbocycles. The van der Waals surface area contributed by atoms with Crippen molar-refractivity contribution in [3.05, 3.63) is 107 Å². The van der Waals surface area contributed by atoms with Gasteiger partial charge in [0.25, 0.3) is 5.91 Å². The third kappa shape index (κ3) is 4.65. The van der Waals surface area contributed by atoms with Crippen LogP contribution in [0.25, 0.3) is 0 Å². The molecule has 0 spiro atoms. The zero-order valence-corrected chi connectivity index (χ0v) is 20.4. The Labute approximate surface area is 209 Å². The number of aryl methyl sites for hydroxylation is 1. The van der Waals surface area contributed by atoms with Crippen molar-refractivity contribution in [2.75, 3.05) is 17.7 Å². The summed E-state index contributed by atoms with van der Waals surface area (Å²) in [6.07, 6.45) is 1.48. The number of methoxy groups -OCH3 is 1. The first kappa shape index (κ1) is 23.2. The number of hydrogen-bond acceptors (Lipinski definition) is 6. The molecular weight excluding hydrogens is 454 g/mol. The van der Waals surface area contributed by atoms with Crippen molar-refractivity contribution < 1.29 is 14.3 Å². The van der Waals surface area contributed by atoms with Gasteiger partial charge in [-0.3, -0.25) is 4.79 Å². The second-order valence-electron chi connectivity index (χ2n) is 8.60. The Hall–Kier alpha value is -4.59. The molecule has 1 aromatic heterocycles. The minimum Gasteiger partial charge on any atom is -0.495 e. The number of amides is 1. The van der Waals surface area contributed by atoms with E-state index >= 15 is 0 Å². The minimum absolute atomic E-state index is 0.254. The van der Waals surface area contributed by atoms with Crippen molar-refractivity contribution in [1.29, 1.82) is 0 Å². The summed E-state index contributed by atoms with van der Waals surface area (Å²) in [4.78, 5) is 17.9. The number of benzene rings is 3. The summed E-state index contributed by atoms with van der Waals surface area (Å²) >= 11 is 0. The third-order valence-corrected chi connectivity index (χ3v) is 6.08. The molecular formula is C28H27N5O3. The molecule has 182 valence electrons. The highest BCUT2D eigenvalue weighted by Crippen LogP contribution is 2.36. The van der Waals surface area contributed by atoms with Crippen LogP contribution in [0.2, 0.25) is 0 Å². The SMILES string of the molecule is COc1ccccc1NC(=O)C1=C(C)Nc2ncnn2[C@@H]1c1ccc(OCc2cccc(C)c2)cc1. The van der Waals surface area contributed by atoms with Gasteiger partial charge in [-0.2, -0.15) is 10.1 Å². The zero-order chi connectivity index (χ0) is 25.1. The van der Waals surface area contributed by atoms with Crippen LogP contribution in [-0.2, 0) is 11.4 Å². The molecule has 8 heteroatoms. The topological polar surface area (TPSA) is 90.3 Å². The Balaban J connectivity index is 1.42. The fourth-order valence-corrected chi connectivity index (χ4v) is 4.35. The molecule has 0 radical (unpaired) electrons. The first-order valence-electron chi connectivity index (χ1n) is 11.6. The molecule has 1 amide bonds. The zero-order valence-electron chi connectivity index (χ0n) is 20.4. The normalized spacial score (nSPS) is 14.6. The summed E-state index contributed by atoms with van der Waals surface area (Å²) in [7, 11) is 1.57. The number of nitrogens with zero attached hydrogens (tertiary/aromatic N) is 3. The molecule has 0 fully saturated rings. The average Bonchev–Trinajstić information content (AvgIpc) is 3.35. The van der Waals surface area contributed by atoms with E-state index in [9.17, 15) is 4.79 Å². The molecule has 0 saturated carbocycles. The van der Waals surface area contributed by atoms with E-state index in [-0.39, 0.29) is 5.91 Å². The van der Waals surface area contributed by atoms with Crippen molar-refractivity contribution >= 4 is 17.5 Å². The monoisotopic (exact) mass is 481 g/mol. The molecule has 2 N–H and O–H groups in total. The van der Waals surface area contributed by atoms with Gasteiger partial charge in [-0.25, -0.2) is 4.68 Å². The second kappa shape index (κ2) is 9.95. The van der Waals surface area contributed by atoms with E-state index in [2.05, 4.69) is 39.8 Å². The summed E-state index contributed by atoms with van der Waals surface area (Å²) in [5.41, 5.74) is 5.02. The number of para-hydroxylation sites is 2. The van der Waals surface area contributed by atoms with Crippen LogP contribution in [0.4, 0.5) is 11.6 Å². The summed E-state index contributed by atoms with van der Waals surface area (Å²) in [6, 6.07) is 22.8. The van der Waals surface area contributed by atoms with Crippen LogP contribution in [0.15, 0.2) is 90.4 Å². The molecule has 3 aromatic carbocycles. The molecule has 4 aromatic rings. The van der Waals surface area contributed by atoms with Gasteiger partial charge in [0.15, 0.2) is 0 Å². The maximum Gasteiger partial charge on any atom is 0.255 e. The molecule has 0 unspecified atom stereocenters. The van der Waals surface area contributed by atoms with Gasteiger partial charge in [-0.1, -0.05) is 54.1 Å². The van der Waals surface area contributed by atoms with Crippen LogP contribution in [0.3, 0.4) is 0 Å². The van der Waals surface area contributed by atoms with Crippen molar-refractivity contribution in [2.24, 2.45) is 0 Å². The van der Waals surface area contributed by atoms with Crippen molar-refractivity contribution in [3.8, 4) is 11.5 Å². The van der Waals surface area contributed by atoms with Gasteiger partial charge in [-0.05, 0) is 49.2 Å². The maximum atomic E-state index is 13.6. The van der Waals surface area contributed by atoms with Crippen LogP contribution in [0.5, 0.6) is 11.5 Å². The highest BCUT2D eigenvalue weighted by molar-refractivity contribution is 6.06. The number of rotatable bonds is 7. The number of ether oxygens (including phenoxy) is 2. The molecule has 1 aliphatic heterocycles. The molecule has 0 saturated heterocycles. The number of nitrogens with one attached hydrogen (secondary N) is 2. The van der Waals surface area contributed by atoms with E-state index in [0.29, 0.717) is 35.3 Å². The summed E-state index contributed by atoms with van der Waals surface area (Å²) < 4.78 is 13.1. The Morgan fingerprint density at radius 3 is 2.64 bits per heavy atom. The van der Waals surface area contributed by atoms with Crippen molar-refractivity contribution in [3.63, 3.8) is 0 Å². The molecule has 5 rings (SSSR count). The highest BCUT2D eigenvalue weighted by Gasteiger charge is 2.33. The first-order valence-corrected chi connectivity index (χ1v) is 11.6. The number of anilines is 2. The van der Waals surface area contributed by atoms with Gasteiger partial charge in [-0.15, -0.1) is 0 Å². The Bertz CT molecular complexity index is 1430. The maximum absolute atomic E-state index is 13.6. The number of carbonyl (C=O) groups excluding carboxylic acids is 1. The first-order chi connectivity index (χ1) is 17.5. The summed E-state index contributed by atoms with van der Waals surface area (Å²) in [6.45, 7) is 4.40. The number of carbonyl (C=O) groups is 1. The summed E-state index contributed by atoms with van der Waals surface area (Å²) in [5.74, 6) is 1.65. The Morgan fingerprint density at radius 1 is 1.06 bits per heavy atom. The van der Waals surface area contributed by atoms with Gasteiger partial charge in [0.05, 0.1) is 18.4 Å². The van der Waals surface area contributed by atoms with Crippen LogP contribution >= 0.6 is 0 Å². The van der Waals surface area contributed by atoms with E-state index < -0.39 is 6.04 Å². The van der Waals surface area contributed by atoms with Crippen LogP contribution in [0, 0.1) is 6.92 Å². The molecule has 1 aliphatic rings. The minimum atomic E-state index is -0.468. The van der Waals surface area contributed by atoms with E-state index in [4.69, 9.17) is 9.47 Å². The molecule has 2 heterocycles. The van der Waals surface area contributed by atoms with Crippen molar-refractivity contribution in [2.45, 2.75) is 26.5 Å². The number of aromatic nitrogens is 3. The molecule has 0 bridgehead atoms. The summed E-state index contributed by atoms with van der Waals surface area (Å²) in [5, 5.41) is 10.6. The van der Waals surface area contributed by atoms with E-state index in [1.54, 1.807) is 23.9 Å². The van der Waals surface area contributed by atoms with Gasteiger partial charge in [0, 0.05) is 5.70 Å². The lowest BCUT2D eigenvalue weighted by atomic mass is 9.95. The quantitative estimate of drug-likeness (QED) is 0.382. The second-order valence-corrected chi connectivity index (χ2v) is 8.60. The Morgan fingerprint density at radius 2 is 1.86 bits per heavy atom. The number of allylic oxidation sites excluding steroid dienone is 1. The highest BCUT2D eigenvalue weighted by atomic mass is 16.5.